The first kappa shape index (κ1) is 26.2. The van der Waals surface area contributed by atoms with E-state index in [-0.39, 0.29) is 10.8 Å². The van der Waals surface area contributed by atoms with E-state index in [0.717, 1.165) is 11.3 Å². The first-order chi connectivity index (χ1) is 18.5. The van der Waals surface area contributed by atoms with E-state index >= 15 is 0 Å². The molecule has 38 heavy (non-hydrogen) atoms. The van der Waals surface area contributed by atoms with Crippen molar-refractivity contribution in [2.45, 2.75) is 11.5 Å². The summed E-state index contributed by atoms with van der Waals surface area (Å²) in [6.45, 7) is 3.99. The van der Waals surface area contributed by atoms with Crippen LogP contribution in [0.3, 0.4) is 0 Å². The Morgan fingerprint density at radius 1 is 0.842 bits per heavy atom. The standard InChI is InChI=1S/C28H31N3O6S/c32-28(24-8-4-5-9-27(24)37-21-22-6-2-1-3-7-22)29-25-20-23(38(33,34)31-14-18-36-19-15-31)10-11-26(25)30-12-16-35-17-13-30/h1-11,20H,12-19,21H2,(H,29,32). The van der Waals surface area contributed by atoms with Gasteiger partial charge >= 0.3 is 0 Å². The molecule has 0 spiro atoms. The third kappa shape index (κ3) is 5.99. The quantitative estimate of drug-likeness (QED) is 0.471. The van der Waals surface area contributed by atoms with E-state index in [1.807, 2.05) is 36.4 Å². The molecule has 1 amide bonds. The summed E-state index contributed by atoms with van der Waals surface area (Å²) in [5.74, 6) is 0.0583. The number of sulfonamides is 1. The molecule has 0 saturated carbocycles. The summed E-state index contributed by atoms with van der Waals surface area (Å²) in [5.41, 5.74) is 2.51. The van der Waals surface area contributed by atoms with Crippen molar-refractivity contribution in [3.63, 3.8) is 0 Å². The fraction of sp³-hybridized carbons (Fsp3) is 0.321. The monoisotopic (exact) mass is 537 g/mol. The highest BCUT2D eigenvalue weighted by Gasteiger charge is 2.28. The normalized spacial score (nSPS) is 16.7. The minimum atomic E-state index is -3.75. The largest absolute Gasteiger partial charge is 0.488 e. The summed E-state index contributed by atoms with van der Waals surface area (Å²) in [4.78, 5) is 15.7. The SMILES string of the molecule is O=C(Nc1cc(S(=O)(=O)N2CCOCC2)ccc1N1CCOCC1)c1ccccc1OCc1ccccc1. The van der Waals surface area contributed by atoms with Crippen LogP contribution >= 0.6 is 0 Å². The first-order valence-corrected chi connectivity index (χ1v) is 14.1. The lowest BCUT2D eigenvalue weighted by Crippen LogP contribution is -2.40. The van der Waals surface area contributed by atoms with Crippen molar-refractivity contribution >= 4 is 27.3 Å². The number of para-hydroxylation sites is 1. The highest BCUT2D eigenvalue weighted by atomic mass is 32.2. The third-order valence-corrected chi connectivity index (χ3v) is 8.44. The van der Waals surface area contributed by atoms with Gasteiger partial charge in [0.25, 0.3) is 5.91 Å². The van der Waals surface area contributed by atoms with E-state index in [4.69, 9.17) is 14.2 Å². The highest BCUT2D eigenvalue weighted by molar-refractivity contribution is 7.89. The molecule has 3 aromatic rings. The molecule has 200 valence electrons. The fourth-order valence-electron chi connectivity index (χ4n) is 4.50. The molecule has 5 rings (SSSR count). The fourth-order valence-corrected chi connectivity index (χ4v) is 5.93. The zero-order valence-electron chi connectivity index (χ0n) is 21.0. The van der Waals surface area contributed by atoms with Gasteiger partial charge in [0.05, 0.1) is 48.3 Å². The number of rotatable bonds is 8. The molecule has 2 saturated heterocycles. The van der Waals surface area contributed by atoms with Gasteiger partial charge in [0.1, 0.15) is 12.4 Å². The van der Waals surface area contributed by atoms with Gasteiger partial charge < -0.3 is 24.4 Å². The molecule has 0 aromatic heterocycles. The maximum Gasteiger partial charge on any atom is 0.259 e. The summed E-state index contributed by atoms with van der Waals surface area (Å²) in [6, 6.07) is 21.6. The van der Waals surface area contributed by atoms with E-state index in [9.17, 15) is 13.2 Å². The molecule has 3 aromatic carbocycles. The van der Waals surface area contributed by atoms with Gasteiger partial charge in [-0.25, -0.2) is 8.42 Å². The highest BCUT2D eigenvalue weighted by Crippen LogP contribution is 2.32. The molecule has 0 aliphatic carbocycles. The average Bonchev–Trinajstić information content (AvgIpc) is 2.97. The van der Waals surface area contributed by atoms with E-state index in [1.54, 1.807) is 36.4 Å². The van der Waals surface area contributed by atoms with E-state index in [2.05, 4.69) is 10.2 Å². The lowest BCUT2D eigenvalue weighted by Gasteiger charge is -2.31. The Bertz CT molecular complexity index is 1350. The summed E-state index contributed by atoms with van der Waals surface area (Å²) >= 11 is 0. The Hall–Kier alpha value is -3.44. The Morgan fingerprint density at radius 2 is 1.50 bits per heavy atom. The first-order valence-electron chi connectivity index (χ1n) is 12.6. The van der Waals surface area contributed by atoms with Crippen molar-refractivity contribution in [3.8, 4) is 5.75 Å². The Morgan fingerprint density at radius 3 is 2.24 bits per heavy atom. The summed E-state index contributed by atoms with van der Waals surface area (Å²) in [5, 5.41) is 2.97. The van der Waals surface area contributed by atoms with Crippen molar-refractivity contribution in [1.29, 1.82) is 0 Å². The van der Waals surface area contributed by atoms with Crippen LogP contribution in [-0.4, -0.2) is 71.2 Å². The van der Waals surface area contributed by atoms with Crippen LogP contribution in [0.5, 0.6) is 5.75 Å². The van der Waals surface area contributed by atoms with Crippen LogP contribution in [-0.2, 0) is 26.1 Å². The summed E-state index contributed by atoms with van der Waals surface area (Å²) < 4.78 is 44.9. The van der Waals surface area contributed by atoms with Crippen LogP contribution in [0.25, 0.3) is 0 Å². The van der Waals surface area contributed by atoms with Gasteiger partial charge in [-0.1, -0.05) is 42.5 Å². The molecular weight excluding hydrogens is 506 g/mol. The molecule has 0 bridgehead atoms. The van der Waals surface area contributed by atoms with Crippen LogP contribution in [0.15, 0.2) is 77.7 Å². The number of carbonyl (C=O) groups is 1. The number of hydrogen-bond donors (Lipinski definition) is 1. The van der Waals surface area contributed by atoms with Gasteiger partial charge in [-0.05, 0) is 35.9 Å². The number of ether oxygens (including phenoxy) is 3. The van der Waals surface area contributed by atoms with E-state index < -0.39 is 10.0 Å². The van der Waals surface area contributed by atoms with Gasteiger partial charge in [-0.15, -0.1) is 0 Å². The molecule has 2 aliphatic rings. The maximum absolute atomic E-state index is 13.5. The van der Waals surface area contributed by atoms with Crippen molar-refractivity contribution in [1.82, 2.24) is 4.31 Å². The zero-order chi connectivity index (χ0) is 26.4. The van der Waals surface area contributed by atoms with Crippen molar-refractivity contribution in [2.75, 3.05) is 62.8 Å². The second-order valence-electron chi connectivity index (χ2n) is 9.02. The number of carbonyl (C=O) groups excluding carboxylic acids is 1. The second-order valence-corrected chi connectivity index (χ2v) is 11.0. The zero-order valence-corrected chi connectivity index (χ0v) is 21.9. The number of amides is 1. The van der Waals surface area contributed by atoms with Crippen LogP contribution in [0.1, 0.15) is 15.9 Å². The Balaban J connectivity index is 1.43. The summed E-state index contributed by atoms with van der Waals surface area (Å²) in [7, 11) is -3.75. The number of nitrogens with zero attached hydrogens (tertiary/aromatic N) is 2. The van der Waals surface area contributed by atoms with Gasteiger partial charge in [0, 0.05) is 26.2 Å². The Kier molecular flexibility index (Phi) is 8.23. The molecule has 2 fully saturated rings. The molecule has 0 radical (unpaired) electrons. The molecular formula is C28H31N3O6S. The average molecular weight is 538 g/mol. The number of anilines is 2. The maximum atomic E-state index is 13.5. The Labute approximate surface area is 223 Å². The van der Waals surface area contributed by atoms with E-state index in [0.29, 0.717) is 76.2 Å². The van der Waals surface area contributed by atoms with Gasteiger partial charge in [0.2, 0.25) is 10.0 Å². The van der Waals surface area contributed by atoms with Crippen molar-refractivity contribution < 1.29 is 27.4 Å². The van der Waals surface area contributed by atoms with Crippen LogP contribution in [0, 0.1) is 0 Å². The predicted molar refractivity (Wildman–Crippen MR) is 144 cm³/mol. The van der Waals surface area contributed by atoms with Gasteiger partial charge in [0.15, 0.2) is 0 Å². The molecule has 9 nitrogen and oxygen atoms in total. The second kappa shape index (κ2) is 12.0. The van der Waals surface area contributed by atoms with Gasteiger partial charge in [-0.2, -0.15) is 4.31 Å². The van der Waals surface area contributed by atoms with E-state index in [1.165, 1.54) is 4.31 Å². The molecule has 1 N–H and O–H groups in total. The predicted octanol–water partition coefficient (Wildman–Crippen LogP) is 3.38. The van der Waals surface area contributed by atoms with Gasteiger partial charge in [-0.3, -0.25) is 4.79 Å². The third-order valence-electron chi connectivity index (χ3n) is 6.54. The molecule has 0 unspecified atom stereocenters. The smallest absolute Gasteiger partial charge is 0.259 e. The molecule has 10 heteroatoms. The van der Waals surface area contributed by atoms with Crippen LogP contribution < -0.4 is 15.0 Å². The minimum absolute atomic E-state index is 0.125. The number of benzene rings is 3. The van der Waals surface area contributed by atoms with Crippen LogP contribution in [0.4, 0.5) is 11.4 Å². The number of nitrogens with one attached hydrogen (secondary N) is 1. The number of morpholine rings is 2. The van der Waals surface area contributed by atoms with Crippen LogP contribution in [0.2, 0.25) is 0 Å². The van der Waals surface area contributed by atoms with Crippen molar-refractivity contribution in [2.24, 2.45) is 0 Å². The molecule has 2 aliphatic heterocycles. The minimum Gasteiger partial charge on any atom is -0.488 e. The topological polar surface area (TPSA) is 97.4 Å². The molecule has 2 heterocycles. The summed E-state index contributed by atoms with van der Waals surface area (Å²) in [6.07, 6.45) is 0. The molecule has 0 atom stereocenters. The lowest BCUT2D eigenvalue weighted by molar-refractivity contribution is 0.0730. The number of hydrogen-bond acceptors (Lipinski definition) is 7. The lowest BCUT2D eigenvalue weighted by atomic mass is 10.1. The van der Waals surface area contributed by atoms with Crippen molar-refractivity contribution in [3.05, 3.63) is 83.9 Å².